The van der Waals surface area contributed by atoms with Crippen LogP contribution in [0.5, 0.6) is 0 Å². The van der Waals surface area contributed by atoms with E-state index in [1.807, 2.05) is 17.0 Å². The topological polar surface area (TPSA) is 45.3 Å². The molecule has 1 aromatic carbocycles. The van der Waals surface area contributed by atoms with Gasteiger partial charge in [0.05, 0.1) is 13.2 Å². The first-order valence-electron chi connectivity index (χ1n) is 7.17. The van der Waals surface area contributed by atoms with Crippen molar-refractivity contribution in [2.75, 3.05) is 26.3 Å². The van der Waals surface area contributed by atoms with E-state index in [4.69, 9.17) is 4.74 Å². The Bertz CT molecular complexity index is 612. The number of aromatic amines is 1. The fraction of sp³-hybridized carbons (Fsp3) is 0.438. The van der Waals surface area contributed by atoms with Crippen LogP contribution in [-0.4, -0.2) is 42.1 Å². The van der Waals surface area contributed by atoms with Gasteiger partial charge in [0.15, 0.2) is 0 Å². The van der Waals surface area contributed by atoms with Gasteiger partial charge in [-0.1, -0.05) is 18.2 Å². The Morgan fingerprint density at radius 1 is 1.30 bits per heavy atom. The molecule has 0 unspecified atom stereocenters. The molecule has 4 heteroatoms. The molecule has 20 heavy (non-hydrogen) atoms. The number of H-pyrrole nitrogens is 1. The highest BCUT2D eigenvalue weighted by molar-refractivity contribution is 5.85. The molecule has 2 heterocycles. The molecular formula is C16H20N2O2. The van der Waals surface area contributed by atoms with Crippen molar-refractivity contribution >= 4 is 16.8 Å². The molecular weight excluding hydrogens is 252 g/mol. The lowest BCUT2D eigenvalue weighted by Gasteiger charge is -2.26. The standard InChI is InChI=1S/C16H20N2O2/c1-12-13(14-4-2-3-5-15(14)17-12)6-7-16(19)18-8-10-20-11-9-18/h2-5,17H,6-11H2,1H3. The summed E-state index contributed by atoms with van der Waals surface area (Å²) >= 11 is 0. The van der Waals surface area contributed by atoms with E-state index in [0.29, 0.717) is 19.6 Å². The third-order valence-electron chi connectivity index (χ3n) is 3.98. The van der Waals surface area contributed by atoms with Crippen molar-refractivity contribution in [1.82, 2.24) is 9.88 Å². The second-order valence-corrected chi connectivity index (χ2v) is 5.27. The van der Waals surface area contributed by atoms with Gasteiger partial charge in [0.25, 0.3) is 0 Å². The molecule has 1 aliphatic rings. The van der Waals surface area contributed by atoms with Gasteiger partial charge in [-0.25, -0.2) is 0 Å². The number of rotatable bonds is 3. The fourth-order valence-corrected chi connectivity index (χ4v) is 2.86. The molecule has 1 aliphatic heterocycles. The van der Waals surface area contributed by atoms with Crippen molar-refractivity contribution in [3.8, 4) is 0 Å². The number of hydrogen-bond acceptors (Lipinski definition) is 2. The maximum Gasteiger partial charge on any atom is 0.223 e. The molecule has 0 bridgehead atoms. The van der Waals surface area contributed by atoms with E-state index in [0.717, 1.165) is 25.0 Å². The van der Waals surface area contributed by atoms with Crippen molar-refractivity contribution in [3.63, 3.8) is 0 Å². The lowest BCUT2D eigenvalue weighted by Crippen LogP contribution is -2.40. The van der Waals surface area contributed by atoms with E-state index in [9.17, 15) is 4.79 Å². The number of amides is 1. The summed E-state index contributed by atoms with van der Waals surface area (Å²) in [7, 11) is 0. The lowest BCUT2D eigenvalue weighted by atomic mass is 10.1. The first kappa shape index (κ1) is 13.2. The number of hydrogen-bond donors (Lipinski definition) is 1. The van der Waals surface area contributed by atoms with Crippen molar-refractivity contribution in [2.24, 2.45) is 0 Å². The van der Waals surface area contributed by atoms with E-state index in [2.05, 4.69) is 24.0 Å². The van der Waals surface area contributed by atoms with Gasteiger partial charge in [0, 0.05) is 36.1 Å². The van der Waals surface area contributed by atoms with Gasteiger partial charge in [0.2, 0.25) is 5.91 Å². The molecule has 1 fully saturated rings. The van der Waals surface area contributed by atoms with Crippen LogP contribution >= 0.6 is 0 Å². The first-order valence-corrected chi connectivity index (χ1v) is 7.17. The fourth-order valence-electron chi connectivity index (χ4n) is 2.86. The molecule has 0 saturated carbocycles. The number of aromatic nitrogens is 1. The number of para-hydroxylation sites is 1. The van der Waals surface area contributed by atoms with Gasteiger partial charge in [-0.2, -0.15) is 0 Å². The van der Waals surface area contributed by atoms with Crippen molar-refractivity contribution in [1.29, 1.82) is 0 Å². The zero-order valence-electron chi connectivity index (χ0n) is 11.8. The third kappa shape index (κ3) is 2.56. The van der Waals surface area contributed by atoms with Crippen LogP contribution in [0.4, 0.5) is 0 Å². The average molecular weight is 272 g/mol. The van der Waals surface area contributed by atoms with E-state index < -0.39 is 0 Å². The summed E-state index contributed by atoms with van der Waals surface area (Å²) in [6.45, 7) is 4.86. The predicted molar refractivity (Wildman–Crippen MR) is 78.8 cm³/mol. The summed E-state index contributed by atoms with van der Waals surface area (Å²) in [6.07, 6.45) is 1.37. The Morgan fingerprint density at radius 3 is 2.85 bits per heavy atom. The van der Waals surface area contributed by atoms with E-state index in [1.54, 1.807) is 0 Å². The molecule has 1 aromatic heterocycles. The van der Waals surface area contributed by atoms with Gasteiger partial charge < -0.3 is 14.6 Å². The van der Waals surface area contributed by atoms with Crippen LogP contribution in [0.25, 0.3) is 10.9 Å². The number of aryl methyl sites for hydroxylation is 2. The molecule has 0 radical (unpaired) electrons. The maximum atomic E-state index is 12.2. The summed E-state index contributed by atoms with van der Waals surface area (Å²) in [5.41, 5.74) is 3.59. The lowest BCUT2D eigenvalue weighted by molar-refractivity contribution is -0.135. The Kier molecular flexibility index (Phi) is 3.74. The predicted octanol–water partition coefficient (Wildman–Crippen LogP) is 2.27. The minimum atomic E-state index is 0.234. The molecule has 0 aliphatic carbocycles. The molecule has 3 rings (SSSR count). The summed E-state index contributed by atoms with van der Waals surface area (Å²) in [5.74, 6) is 0.234. The second-order valence-electron chi connectivity index (χ2n) is 5.27. The number of nitrogens with zero attached hydrogens (tertiary/aromatic N) is 1. The number of carbonyl (C=O) groups excluding carboxylic acids is 1. The molecule has 2 aromatic rings. The van der Waals surface area contributed by atoms with Crippen LogP contribution in [-0.2, 0) is 16.0 Å². The van der Waals surface area contributed by atoms with E-state index >= 15 is 0 Å². The Morgan fingerprint density at radius 2 is 2.05 bits per heavy atom. The van der Waals surface area contributed by atoms with E-state index in [-0.39, 0.29) is 5.91 Å². The van der Waals surface area contributed by atoms with Crippen LogP contribution in [0.15, 0.2) is 24.3 Å². The molecule has 1 N–H and O–H groups in total. The van der Waals surface area contributed by atoms with Crippen LogP contribution < -0.4 is 0 Å². The first-order chi connectivity index (χ1) is 9.75. The number of benzene rings is 1. The molecule has 1 saturated heterocycles. The summed E-state index contributed by atoms with van der Waals surface area (Å²) in [5, 5.41) is 1.24. The average Bonchev–Trinajstić information content (AvgIpc) is 2.81. The minimum absolute atomic E-state index is 0.234. The van der Waals surface area contributed by atoms with Gasteiger partial charge in [-0.15, -0.1) is 0 Å². The van der Waals surface area contributed by atoms with Gasteiger partial charge in [-0.05, 0) is 25.0 Å². The monoisotopic (exact) mass is 272 g/mol. The number of fused-ring (bicyclic) bond motifs is 1. The smallest absolute Gasteiger partial charge is 0.223 e. The SMILES string of the molecule is Cc1[nH]c2ccccc2c1CCC(=O)N1CCOCC1. The third-order valence-corrected chi connectivity index (χ3v) is 3.98. The summed E-state index contributed by atoms with van der Waals surface area (Å²) in [6, 6.07) is 8.27. The highest BCUT2D eigenvalue weighted by Gasteiger charge is 2.17. The number of ether oxygens (including phenoxy) is 1. The van der Waals surface area contributed by atoms with Crippen LogP contribution in [0, 0.1) is 6.92 Å². The van der Waals surface area contributed by atoms with Crippen LogP contribution in [0.2, 0.25) is 0 Å². The normalized spacial score (nSPS) is 15.8. The number of morpholine rings is 1. The maximum absolute atomic E-state index is 12.2. The number of nitrogens with one attached hydrogen (secondary N) is 1. The summed E-state index contributed by atoms with van der Waals surface area (Å²) in [4.78, 5) is 17.5. The Labute approximate surface area is 118 Å². The molecule has 1 amide bonds. The quantitative estimate of drug-likeness (QED) is 0.931. The van der Waals surface area contributed by atoms with Crippen molar-refractivity contribution < 1.29 is 9.53 Å². The highest BCUT2D eigenvalue weighted by Crippen LogP contribution is 2.23. The molecule has 106 valence electrons. The Balaban J connectivity index is 1.70. The zero-order chi connectivity index (χ0) is 13.9. The molecule has 4 nitrogen and oxygen atoms in total. The molecule has 0 spiro atoms. The largest absolute Gasteiger partial charge is 0.378 e. The summed E-state index contributed by atoms with van der Waals surface area (Å²) < 4.78 is 5.28. The molecule has 0 atom stereocenters. The van der Waals surface area contributed by atoms with Crippen LogP contribution in [0.1, 0.15) is 17.7 Å². The van der Waals surface area contributed by atoms with Crippen molar-refractivity contribution in [2.45, 2.75) is 19.8 Å². The zero-order valence-corrected chi connectivity index (χ0v) is 11.8. The Hall–Kier alpha value is -1.81. The minimum Gasteiger partial charge on any atom is -0.378 e. The van der Waals surface area contributed by atoms with Crippen molar-refractivity contribution in [3.05, 3.63) is 35.5 Å². The number of carbonyl (C=O) groups is 1. The highest BCUT2D eigenvalue weighted by atomic mass is 16.5. The van der Waals surface area contributed by atoms with Gasteiger partial charge in [0.1, 0.15) is 0 Å². The van der Waals surface area contributed by atoms with Gasteiger partial charge in [-0.3, -0.25) is 4.79 Å². The second kappa shape index (κ2) is 5.67. The van der Waals surface area contributed by atoms with Crippen LogP contribution in [0.3, 0.4) is 0 Å². The van der Waals surface area contributed by atoms with Gasteiger partial charge >= 0.3 is 0 Å². The van der Waals surface area contributed by atoms with E-state index in [1.165, 1.54) is 16.6 Å².